The topological polar surface area (TPSA) is 92.8 Å². The molecule has 1 saturated heterocycles. The number of carbonyl (C=O) groups excluding carboxylic acids is 2. The van der Waals surface area contributed by atoms with Gasteiger partial charge in [-0.1, -0.05) is 47.3 Å². The van der Waals surface area contributed by atoms with Crippen molar-refractivity contribution in [1.29, 1.82) is 0 Å². The maximum absolute atomic E-state index is 12.4. The van der Waals surface area contributed by atoms with Gasteiger partial charge in [-0.15, -0.1) is 11.3 Å². The van der Waals surface area contributed by atoms with Crippen LogP contribution < -0.4 is 15.4 Å². The van der Waals surface area contributed by atoms with E-state index in [4.69, 9.17) is 33.3 Å². The minimum atomic E-state index is -0.115. The van der Waals surface area contributed by atoms with Gasteiger partial charge in [-0.3, -0.25) is 9.59 Å². The van der Waals surface area contributed by atoms with Gasteiger partial charge in [0.05, 0.1) is 41.5 Å². The number of anilines is 1. The number of carbonyl (C=O) groups is 2. The number of thioether (sulfide) groups is 2. The normalized spacial score (nSPS) is 13.4. The molecular weight excluding hydrogens is 572 g/mol. The van der Waals surface area contributed by atoms with Crippen molar-refractivity contribution in [2.24, 2.45) is 0 Å². The molecule has 8 nitrogen and oxygen atoms in total. The van der Waals surface area contributed by atoms with Crippen LogP contribution in [0.25, 0.3) is 10.2 Å². The Bertz CT molecular complexity index is 1240. The number of halogens is 1. The van der Waals surface area contributed by atoms with Crippen molar-refractivity contribution in [3.8, 4) is 5.75 Å². The molecule has 2 aromatic carbocycles. The van der Waals surface area contributed by atoms with Crippen molar-refractivity contribution in [2.75, 3.05) is 56.3 Å². The van der Waals surface area contributed by atoms with E-state index in [1.165, 1.54) is 34.9 Å². The number of benzene rings is 2. The molecule has 2 heterocycles. The second kappa shape index (κ2) is 14.2. The van der Waals surface area contributed by atoms with Crippen LogP contribution in [-0.4, -0.2) is 77.0 Å². The van der Waals surface area contributed by atoms with Crippen LogP contribution in [0, 0.1) is 0 Å². The summed E-state index contributed by atoms with van der Waals surface area (Å²) in [6, 6.07) is 12.7. The maximum Gasteiger partial charge on any atom is 0.234 e. The van der Waals surface area contributed by atoms with Gasteiger partial charge in [0, 0.05) is 23.8 Å². The van der Waals surface area contributed by atoms with E-state index in [-0.39, 0.29) is 23.3 Å². The Morgan fingerprint density at radius 2 is 1.92 bits per heavy atom. The van der Waals surface area contributed by atoms with E-state index in [0.717, 1.165) is 32.0 Å². The number of hydrogen-bond donors (Lipinski definition) is 2. The van der Waals surface area contributed by atoms with Crippen LogP contribution in [0.1, 0.15) is 0 Å². The summed E-state index contributed by atoms with van der Waals surface area (Å²) in [7, 11) is 0. The zero-order chi connectivity index (χ0) is 26.0. The summed E-state index contributed by atoms with van der Waals surface area (Å²) < 4.78 is 13.4. The molecule has 3 aromatic rings. The monoisotopic (exact) mass is 596 g/mol. The number of amides is 2. The minimum absolute atomic E-state index is 0.0931. The van der Waals surface area contributed by atoms with Gasteiger partial charge >= 0.3 is 0 Å². The average Bonchev–Trinajstić information content (AvgIpc) is 3.32. The molecule has 1 aromatic heterocycles. The Kier molecular flexibility index (Phi) is 10.7. The highest BCUT2D eigenvalue weighted by molar-refractivity contribution is 8.23. The molecule has 2 N–H and O–H groups in total. The lowest BCUT2D eigenvalue weighted by molar-refractivity contribution is -0.118. The molecule has 0 spiro atoms. The van der Waals surface area contributed by atoms with Gasteiger partial charge in [-0.2, -0.15) is 0 Å². The minimum Gasteiger partial charge on any atom is -0.492 e. The van der Waals surface area contributed by atoms with Crippen LogP contribution in [0.3, 0.4) is 0 Å². The molecule has 0 atom stereocenters. The molecular formula is C24H25ClN4O4S4. The standard InChI is InChI=1S/C24H25ClN4O4S4/c25-16-1-4-18(5-2-16)33-10-7-26-21(30)14-35-23-28-19-6-3-17(13-20(19)37-23)27-22(31)15-36-24(34)29-8-11-32-12-9-29/h1-6,13H,7-12,14-15H2,(H,26,30)(H,27,31). The van der Waals surface area contributed by atoms with Crippen molar-refractivity contribution in [1.82, 2.24) is 15.2 Å². The Morgan fingerprint density at radius 3 is 2.70 bits per heavy atom. The number of morpholine rings is 1. The summed E-state index contributed by atoms with van der Waals surface area (Å²) in [5.41, 5.74) is 1.53. The summed E-state index contributed by atoms with van der Waals surface area (Å²) >= 11 is 15.5. The van der Waals surface area contributed by atoms with E-state index in [0.29, 0.717) is 42.8 Å². The molecule has 0 saturated carbocycles. The highest BCUT2D eigenvalue weighted by atomic mass is 35.5. The molecule has 1 fully saturated rings. The van der Waals surface area contributed by atoms with Gasteiger partial charge in [-0.25, -0.2) is 4.98 Å². The molecule has 4 rings (SSSR count). The Labute approximate surface area is 237 Å². The summed E-state index contributed by atoms with van der Waals surface area (Å²) in [6.07, 6.45) is 0. The fourth-order valence-corrected chi connectivity index (χ4v) is 6.39. The van der Waals surface area contributed by atoms with Crippen molar-refractivity contribution in [3.63, 3.8) is 0 Å². The van der Waals surface area contributed by atoms with Crippen molar-refractivity contribution >= 4 is 90.7 Å². The third-order valence-electron chi connectivity index (χ3n) is 5.08. The van der Waals surface area contributed by atoms with E-state index >= 15 is 0 Å². The molecule has 0 aliphatic carbocycles. The molecule has 1 aliphatic rings. The van der Waals surface area contributed by atoms with Gasteiger partial charge in [0.15, 0.2) is 4.34 Å². The maximum atomic E-state index is 12.4. The summed E-state index contributed by atoms with van der Waals surface area (Å²) in [5, 5.41) is 6.41. The molecule has 13 heteroatoms. The second-order valence-corrected chi connectivity index (χ2v) is 12.1. The molecule has 196 valence electrons. The number of nitrogens with zero attached hydrogens (tertiary/aromatic N) is 2. The summed E-state index contributed by atoms with van der Waals surface area (Å²) in [5.74, 6) is 0.996. The van der Waals surface area contributed by atoms with Gasteiger partial charge < -0.3 is 25.0 Å². The first-order valence-electron chi connectivity index (χ1n) is 11.4. The number of rotatable bonds is 10. The van der Waals surface area contributed by atoms with Crippen LogP contribution in [0.15, 0.2) is 46.8 Å². The fraction of sp³-hybridized carbons (Fsp3) is 0.333. The van der Waals surface area contributed by atoms with Crippen molar-refractivity contribution in [2.45, 2.75) is 4.34 Å². The van der Waals surface area contributed by atoms with E-state index in [1.54, 1.807) is 24.3 Å². The van der Waals surface area contributed by atoms with Gasteiger partial charge in [0.1, 0.15) is 16.7 Å². The Balaban J connectivity index is 1.18. The van der Waals surface area contributed by atoms with Crippen molar-refractivity contribution in [3.05, 3.63) is 47.5 Å². The van der Waals surface area contributed by atoms with E-state index in [9.17, 15) is 9.59 Å². The van der Waals surface area contributed by atoms with Crippen molar-refractivity contribution < 1.29 is 19.1 Å². The number of aromatic nitrogens is 1. The Morgan fingerprint density at radius 1 is 1.14 bits per heavy atom. The highest BCUT2D eigenvalue weighted by Gasteiger charge is 2.16. The quantitative estimate of drug-likeness (QED) is 0.199. The Hall–Kier alpha value is -2.09. The third kappa shape index (κ3) is 9.01. The number of hydrogen-bond acceptors (Lipinski definition) is 9. The van der Waals surface area contributed by atoms with E-state index in [2.05, 4.69) is 20.5 Å². The lowest BCUT2D eigenvalue weighted by Gasteiger charge is -2.28. The number of ether oxygens (including phenoxy) is 2. The molecule has 0 bridgehead atoms. The molecule has 0 radical (unpaired) electrons. The third-order valence-corrected chi connectivity index (χ3v) is 9.02. The van der Waals surface area contributed by atoms with Crippen LogP contribution in [0.5, 0.6) is 5.75 Å². The van der Waals surface area contributed by atoms with Crippen LogP contribution in [0.4, 0.5) is 5.69 Å². The number of fused-ring (bicyclic) bond motifs is 1. The van der Waals surface area contributed by atoms with Crippen LogP contribution >= 0.6 is 58.7 Å². The predicted molar refractivity (Wildman–Crippen MR) is 156 cm³/mol. The first-order valence-corrected chi connectivity index (χ1v) is 15.0. The summed E-state index contributed by atoms with van der Waals surface area (Å²) in [6.45, 7) is 3.61. The molecule has 37 heavy (non-hydrogen) atoms. The van der Waals surface area contributed by atoms with Gasteiger partial charge in [0.25, 0.3) is 0 Å². The van der Waals surface area contributed by atoms with Gasteiger partial charge in [0.2, 0.25) is 11.8 Å². The average molecular weight is 597 g/mol. The molecule has 0 unspecified atom stereocenters. The summed E-state index contributed by atoms with van der Waals surface area (Å²) in [4.78, 5) is 31.2. The first kappa shape index (κ1) is 27.9. The highest BCUT2D eigenvalue weighted by Crippen LogP contribution is 2.31. The number of nitrogens with one attached hydrogen (secondary N) is 2. The SMILES string of the molecule is O=C(CSc1nc2ccc(NC(=O)CSC(=S)N3CCOCC3)cc2s1)NCCOc1ccc(Cl)cc1. The smallest absolute Gasteiger partial charge is 0.234 e. The lowest BCUT2D eigenvalue weighted by atomic mass is 10.3. The van der Waals surface area contributed by atoms with E-state index in [1.807, 2.05) is 18.2 Å². The second-order valence-electron chi connectivity index (χ2n) is 7.81. The first-order chi connectivity index (χ1) is 18.0. The molecule has 1 aliphatic heterocycles. The fourth-order valence-electron chi connectivity index (χ4n) is 3.27. The molecule has 2 amide bonds. The zero-order valence-corrected chi connectivity index (χ0v) is 23.8. The number of thiocarbonyl (C=S) groups is 1. The predicted octanol–water partition coefficient (Wildman–Crippen LogP) is 4.53. The number of thiazole rings is 1. The van der Waals surface area contributed by atoms with E-state index < -0.39 is 0 Å². The van der Waals surface area contributed by atoms with Crippen LogP contribution in [0.2, 0.25) is 5.02 Å². The zero-order valence-electron chi connectivity index (χ0n) is 19.7. The largest absolute Gasteiger partial charge is 0.492 e. The van der Waals surface area contributed by atoms with Crippen LogP contribution in [-0.2, 0) is 14.3 Å². The van der Waals surface area contributed by atoms with Gasteiger partial charge in [-0.05, 0) is 42.5 Å². The lowest BCUT2D eigenvalue weighted by Crippen LogP contribution is -2.39.